The average molecular weight is 268 g/mol. The fraction of sp³-hybridized carbons (Fsp3) is 0.778. The van der Waals surface area contributed by atoms with Crippen molar-refractivity contribution in [2.24, 2.45) is 5.73 Å². The van der Waals surface area contributed by atoms with Gasteiger partial charge in [-0.25, -0.2) is 0 Å². The van der Waals surface area contributed by atoms with Crippen LogP contribution in [0.5, 0.6) is 0 Å². The Morgan fingerprint density at radius 3 is 2.21 bits per heavy atom. The first-order valence-corrected chi connectivity index (χ1v) is 5.42. The van der Waals surface area contributed by atoms with Crippen LogP contribution < -0.4 is 5.73 Å². The lowest BCUT2D eigenvalue weighted by Gasteiger charge is -2.19. The number of hydrogen-bond donors (Lipinski definition) is 1. The number of carbonyl (C=O) groups excluding carboxylic acids is 2. The molecular weight excluding hydrogens is 250 g/mol. The third-order valence-corrected chi connectivity index (χ3v) is 1.50. The van der Waals surface area contributed by atoms with Crippen LogP contribution in [0.25, 0.3) is 0 Å². The molecule has 14 heavy (non-hydrogen) atoms. The summed E-state index contributed by atoms with van der Waals surface area (Å²) in [5.41, 5.74) is 3.82. The van der Waals surface area contributed by atoms with Gasteiger partial charge in [0.05, 0.1) is 0 Å². The molecule has 0 saturated carbocycles. The standard InChI is InChI=1S/C8H15BrO2.CH3NO/c1-8(2,3)11-7(10)5-4-6-9;2-1-3/h4-6H2,1-3H3;1H,(H2,2,3). The summed E-state index contributed by atoms with van der Waals surface area (Å²) >= 11 is 3.25. The summed E-state index contributed by atoms with van der Waals surface area (Å²) in [6.45, 7) is 5.62. The predicted octanol–water partition coefficient (Wildman–Crippen LogP) is 1.60. The average Bonchev–Trinajstić information content (AvgIpc) is 1.99. The highest BCUT2D eigenvalue weighted by Crippen LogP contribution is 2.09. The first-order chi connectivity index (χ1) is 6.37. The molecular formula is C9H18BrNO3. The molecule has 4 nitrogen and oxygen atoms in total. The summed E-state index contributed by atoms with van der Waals surface area (Å²) in [7, 11) is 0. The Morgan fingerprint density at radius 1 is 1.50 bits per heavy atom. The van der Waals surface area contributed by atoms with Crippen LogP contribution in [0.1, 0.15) is 33.6 Å². The van der Waals surface area contributed by atoms with Gasteiger partial charge in [-0.1, -0.05) is 15.9 Å². The van der Waals surface area contributed by atoms with Crippen molar-refractivity contribution in [3.8, 4) is 0 Å². The maximum atomic E-state index is 11.0. The third kappa shape index (κ3) is 17.5. The normalized spacial score (nSPS) is 9.71. The number of hydrogen-bond acceptors (Lipinski definition) is 3. The summed E-state index contributed by atoms with van der Waals surface area (Å²) in [6, 6.07) is 0. The highest BCUT2D eigenvalue weighted by atomic mass is 79.9. The van der Waals surface area contributed by atoms with E-state index in [0.717, 1.165) is 11.8 Å². The molecule has 0 aliphatic heterocycles. The van der Waals surface area contributed by atoms with Crippen molar-refractivity contribution in [1.29, 1.82) is 0 Å². The summed E-state index contributed by atoms with van der Waals surface area (Å²) in [5, 5.41) is 0.853. The van der Waals surface area contributed by atoms with Crippen LogP contribution in [-0.4, -0.2) is 23.3 Å². The van der Waals surface area contributed by atoms with Gasteiger partial charge >= 0.3 is 5.97 Å². The summed E-state index contributed by atoms with van der Waals surface area (Å²) in [6.07, 6.45) is 1.59. The minimum Gasteiger partial charge on any atom is -0.460 e. The van der Waals surface area contributed by atoms with Gasteiger partial charge in [-0.05, 0) is 27.2 Å². The first-order valence-electron chi connectivity index (χ1n) is 4.30. The molecule has 0 aliphatic carbocycles. The minimum atomic E-state index is -0.344. The van der Waals surface area contributed by atoms with Crippen LogP contribution in [-0.2, 0) is 14.3 Å². The Balaban J connectivity index is 0. The second-order valence-electron chi connectivity index (χ2n) is 3.52. The van der Waals surface area contributed by atoms with Gasteiger partial charge in [-0.3, -0.25) is 9.59 Å². The van der Waals surface area contributed by atoms with E-state index in [4.69, 9.17) is 9.53 Å². The number of esters is 1. The minimum absolute atomic E-state index is 0.114. The van der Waals surface area contributed by atoms with Gasteiger partial charge < -0.3 is 10.5 Å². The molecule has 1 amide bonds. The molecule has 0 unspecified atom stereocenters. The molecule has 0 aromatic heterocycles. The number of ether oxygens (including phenoxy) is 1. The van der Waals surface area contributed by atoms with Crippen molar-refractivity contribution in [3.63, 3.8) is 0 Å². The van der Waals surface area contributed by atoms with Gasteiger partial charge in [0.2, 0.25) is 6.41 Å². The quantitative estimate of drug-likeness (QED) is 0.480. The fourth-order valence-electron chi connectivity index (χ4n) is 0.604. The molecule has 0 heterocycles. The molecule has 0 saturated heterocycles. The fourth-order valence-corrected chi connectivity index (χ4v) is 0.884. The Hall–Kier alpha value is -0.580. The van der Waals surface area contributed by atoms with Crippen molar-refractivity contribution < 1.29 is 14.3 Å². The highest BCUT2D eigenvalue weighted by Gasteiger charge is 2.15. The van der Waals surface area contributed by atoms with Crippen LogP contribution in [0.4, 0.5) is 0 Å². The topological polar surface area (TPSA) is 69.4 Å². The van der Waals surface area contributed by atoms with Gasteiger partial charge in [0.15, 0.2) is 0 Å². The first kappa shape index (κ1) is 15.9. The van der Waals surface area contributed by atoms with E-state index in [9.17, 15) is 4.79 Å². The van der Waals surface area contributed by atoms with E-state index < -0.39 is 0 Å². The van der Waals surface area contributed by atoms with Crippen LogP contribution in [0.15, 0.2) is 0 Å². The van der Waals surface area contributed by atoms with Gasteiger partial charge in [-0.2, -0.15) is 0 Å². The summed E-state index contributed by atoms with van der Waals surface area (Å²) in [4.78, 5) is 19.6. The molecule has 0 radical (unpaired) electrons. The van der Waals surface area contributed by atoms with E-state index in [-0.39, 0.29) is 18.0 Å². The Morgan fingerprint density at radius 2 is 1.93 bits per heavy atom. The van der Waals surface area contributed by atoms with Crippen LogP contribution in [0.2, 0.25) is 0 Å². The molecule has 0 aromatic carbocycles. The predicted molar refractivity (Wildman–Crippen MR) is 59.1 cm³/mol. The largest absolute Gasteiger partial charge is 0.460 e. The molecule has 0 fully saturated rings. The number of rotatable bonds is 3. The number of carbonyl (C=O) groups is 2. The van der Waals surface area contributed by atoms with Crippen molar-refractivity contribution >= 4 is 28.3 Å². The molecule has 0 rings (SSSR count). The molecule has 0 bridgehead atoms. The molecule has 2 N–H and O–H groups in total. The second kappa shape index (κ2) is 8.99. The van der Waals surface area contributed by atoms with Crippen LogP contribution in [0.3, 0.4) is 0 Å². The van der Waals surface area contributed by atoms with Crippen LogP contribution in [0, 0.1) is 0 Å². The van der Waals surface area contributed by atoms with Gasteiger partial charge in [-0.15, -0.1) is 0 Å². The van der Waals surface area contributed by atoms with E-state index >= 15 is 0 Å². The molecule has 5 heteroatoms. The molecule has 0 aliphatic rings. The lowest BCUT2D eigenvalue weighted by atomic mass is 10.2. The Labute approximate surface area is 93.3 Å². The van der Waals surface area contributed by atoms with Gasteiger partial charge in [0, 0.05) is 11.8 Å². The number of amides is 1. The van der Waals surface area contributed by atoms with Crippen molar-refractivity contribution in [2.75, 3.05) is 5.33 Å². The zero-order chi connectivity index (χ0) is 11.6. The number of primary amides is 1. The van der Waals surface area contributed by atoms with Crippen molar-refractivity contribution in [3.05, 3.63) is 0 Å². The monoisotopic (exact) mass is 267 g/mol. The molecule has 0 atom stereocenters. The molecule has 84 valence electrons. The maximum absolute atomic E-state index is 11.0. The van der Waals surface area contributed by atoms with E-state index in [2.05, 4.69) is 21.7 Å². The third-order valence-electron chi connectivity index (χ3n) is 0.935. The van der Waals surface area contributed by atoms with E-state index in [1.807, 2.05) is 20.8 Å². The lowest BCUT2D eigenvalue weighted by molar-refractivity contribution is -0.154. The lowest BCUT2D eigenvalue weighted by Crippen LogP contribution is -2.23. The Bertz CT molecular complexity index is 166. The van der Waals surface area contributed by atoms with E-state index in [1.165, 1.54) is 0 Å². The summed E-state index contributed by atoms with van der Waals surface area (Å²) < 4.78 is 5.08. The van der Waals surface area contributed by atoms with Gasteiger partial charge in [0.25, 0.3) is 0 Å². The van der Waals surface area contributed by atoms with E-state index in [1.54, 1.807) is 0 Å². The van der Waals surface area contributed by atoms with E-state index in [0.29, 0.717) is 6.42 Å². The van der Waals surface area contributed by atoms with Crippen LogP contribution >= 0.6 is 15.9 Å². The molecule has 0 spiro atoms. The zero-order valence-electron chi connectivity index (χ0n) is 8.88. The maximum Gasteiger partial charge on any atom is 0.306 e. The highest BCUT2D eigenvalue weighted by molar-refractivity contribution is 9.09. The Kier molecular flexibility index (Phi) is 10.2. The second-order valence-corrected chi connectivity index (χ2v) is 4.31. The number of halogens is 1. The number of nitrogens with two attached hydrogens (primary N) is 1. The SMILES string of the molecule is CC(C)(C)OC(=O)CCCBr.NC=O. The van der Waals surface area contributed by atoms with Crippen molar-refractivity contribution in [2.45, 2.75) is 39.2 Å². The smallest absolute Gasteiger partial charge is 0.306 e. The molecule has 0 aromatic rings. The van der Waals surface area contributed by atoms with Crippen molar-refractivity contribution in [1.82, 2.24) is 0 Å². The zero-order valence-corrected chi connectivity index (χ0v) is 10.5. The summed E-state index contributed by atoms with van der Waals surface area (Å²) in [5.74, 6) is -0.114. The number of alkyl halides is 1. The van der Waals surface area contributed by atoms with Gasteiger partial charge in [0.1, 0.15) is 5.60 Å².